The average Bonchev–Trinajstić information content (AvgIpc) is 2.71. The fourth-order valence-corrected chi connectivity index (χ4v) is 3.79. The summed E-state index contributed by atoms with van der Waals surface area (Å²) < 4.78 is 0. The van der Waals surface area contributed by atoms with Gasteiger partial charge < -0.3 is 5.11 Å². The summed E-state index contributed by atoms with van der Waals surface area (Å²) in [5.41, 5.74) is -0.433. The molecule has 0 aromatic rings. The lowest BCUT2D eigenvalue weighted by Gasteiger charge is -2.36. The van der Waals surface area contributed by atoms with Gasteiger partial charge in [-0.2, -0.15) is 0 Å². The van der Waals surface area contributed by atoms with E-state index in [0.29, 0.717) is 6.04 Å². The molecule has 3 nitrogen and oxygen atoms in total. The van der Waals surface area contributed by atoms with Crippen LogP contribution < -0.4 is 0 Å². The minimum absolute atomic E-state index is 0.433. The van der Waals surface area contributed by atoms with Crippen molar-refractivity contribution in [1.82, 2.24) is 4.90 Å². The molecule has 1 atom stereocenters. The summed E-state index contributed by atoms with van der Waals surface area (Å²) in [6.45, 7) is 4.14. The first kappa shape index (κ1) is 13.9. The molecule has 0 spiro atoms. The number of rotatable bonds is 4. The maximum absolute atomic E-state index is 11.7. The minimum Gasteiger partial charge on any atom is -0.481 e. The van der Waals surface area contributed by atoms with Gasteiger partial charge in [0.25, 0.3) is 0 Å². The van der Waals surface area contributed by atoms with Crippen LogP contribution >= 0.6 is 0 Å². The quantitative estimate of drug-likeness (QED) is 0.836. The Morgan fingerprint density at radius 3 is 2.56 bits per heavy atom. The third-order valence-corrected chi connectivity index (χ3v) is 4.99. The van der Waals surface area contributed by atoms with Crippen LogP contribution in [0.5, 0.6) is 0 Å². The normalized spacial score (nSPS) is 29.1. The molecule has 1 N–H and O–H groups in total. The Balaban J connectivity index is 2.06. The zero-order valence-corrected chi connectivity index (χ0v) is 11.7. The van der Waals surface area contributed by atoms with E-state index in [1.165, 1.54) is 25.7 Å². The van der Waals surface area contributed by atoms with Gasteiger partial charge in [-0.1, -0.05) is 32.6 Å². The lowest BCUT2D eigenvalue weighted by Crippen LogP contribution is -2.45. The van der Waals surface area contributed by atoms with Crippen LogP contribution in [-0.4, -0.2) is 35.1 Å². The molecular weight excluding hydrogens is 226 g/mol. The third-order valence-electron chi connectivity index (χ3n) is 4.99. The number of hydrogen-bond acceptors (Lipinski definition) is 2. The molecule has 18 heavy (non-hydrogen) atoms. The Hall–Kier alpha value is -0.570. The van der Waals surface area contributed by atoms with Crippen LogP contribution in [0.25, 0.3) is 0 Å². The van der Waals surface area contributed by atoms with E-state index in [1.54, 1.807) is 0 Å². The first-order valence-corrected chi connectivity index (χ1v) is 7.65. The van der Waals surface area contributed by atoms with Crippen LogP contribution in [0.3, 0.4) is 0 Å². The van der Waals surface area contributed by atoms with Crippen molar-refractivity contribution in [2.24, 2.45) is 5.41 Å². The van der Waals surface area contributed by atoms with Gasteiger partial charge in [0.15, 0.2) is 0 Å². The van der Waals surface area contributed by atoms with Crippen molar-refractivity contribution in [2.75, 3.05) is 13.1 Å². The van der Waals surface area contributed by atoms with Crippen LogP contribution in [0.4, 0.5) is 0 Å². The second-order valence-electron chi connectivity index (χ2n) is 6.17. The molecule has 1 aliphatic carbocycles. The molecule has 0 amide bonds. The van der Waals surface area contributed by atoms with Crippen molar-refractivity contribution in [3.05, 3.63) is 0 Å². The third kappa shape index (κ3) is 2.87. The maximum Gasteiger partial charge on any atom is 0.310 e. The van der Waals surface area contributed by atoms with E-state index >= 15 is 0 Å². The molecule has 1 saturated heterocycles. The van der Waals surface area contributed by atoms with Crippen molar-refractivity contribution in [3.8, 4) is 0 Å². The predicted octanol–water partition coefficient (Wildman–Crippen LogP) is 3.29. The molecule has 0 radical (unpaired) electrons. The second-order valence-corrected chi connectivity index (χ2v) is 6.17. The van der Waals surface area contributed by atoms with Gasteiger partial charge in [0.05, 0.1) is 5.41 Å². The first-order valence-electron chi connectivity index (χ1n) is 7.65. The van der Waals surface area contributed by atoms with E-state index in [2.05, 4.69) is 11.8 Å². The molecule has 2 fully saturated rings. The Labute approximate surface area is 111 Å². The van der Waals surface area contributed by atoms with E-state index in [-0.39, 0.29) is 0 Å². The number of carboxylic acid groups (broad SMARTS) is 1. The number of aliphatic carboxylic acids is 1. The summed E-state index contributed by atoms with van der Waals surface area (Å²) in [6.07, 6.45) is 10.2. The van der Waals surface area contributed by atoms with Crippen LogP contribution in [0.15, 0.2) is 0 Å². The molecule has 1 aliphatic heterocycles. The smallest absolute Gasteiger partial charge is 0.310 e. The van der Waals surface area contributed by atoms with E-state index in [1.807, 2.05) is 0 Å². The number of likely N-dealkylation sites (tertiary alicyclic amines) is 1. The SMILES string of the molecule is CCC1CCCCCN1CC1(C(=O)O)CCCC1. The molecule has 0 aromatic carbocycles. The molecule has 3 heteroatoms. The lowest BCUT2D eigenvalue weighted by atomic mass is 9.85. The Morgan fingerprint density at radius 1 is 1.22 bits per heavy atom. The molecule has 1 saturated carbocycles. The van der Waals surface area contributed by atoms with E-state index in [0.717, 1.165) is 45.2 Å². The van der Waals surface area contributed by atoms with Crippen LogP contribution in [0.2, 0.25) is 0 Å². The zero-order valence-electron chi connectivity index (χ0n) is 11.7. The van der Waals surface area contributed by atoms with E-state index in [9.17, 15) is 9.90 Å². The van der Waals surface area contributed by atoms with Crippen molar-refractivity contribution >= 4 is 5.97 Å². The van der Waals surface area contributed by atoms with Gasteiger partial charge >= 0.3 is 5.97 Å². The number of carboxylic acids is 1. The highest BCUT2D eigenvalue weighted by atomic mass is 16.4. The minimum atomic E-state index is -0.556. The molecule has 104 valence electrons. The van der Waals surface area contributed by atoms with Crippen LogP contribution in [-0.2, 0) is 4.79 Å². The summed E-state index contributed by atoms with van der Waals surface area (Å²) in [7, 11) is 0. The van der Waals surface area contributed by atoms with Crippen LogP contribution in [0.1, 0.15) is 64.7 Å². The Kier molecular flexibility index (Phi) is 4.66. The van der Waals surface area contributed by atoms with E-state index in [4.69, 9.17) is 0 Å². The zero-order chi connectivity index (χ0) is 13.0. The highest BCUT2D eigenvalue weighted by molar-refractivity contribution is 5.75. The lowest BCUT2D eigenvalue weighted by molar-refractivity contribution is -0.150. The largest absolute Gasteiger partial charge is 0.481 e. The first-order chi connectivity index (χ1) is 8.68. The highest BCUT2D eigenvalue weighted by Gasteiger charge is 2.43. The van der Waals surface area contributed by atoms with Crippen LogP contribution in [0, 0.1) is 5.41 Å². The number of nitrogens with zero attached hydrogens (tertiary/aromatic N) is 1. The Morgan fingerprint density at radius 2 is 1.94 bits per heavy atom. The summed E-state index contributed by atoms with van der Waals surface area (Å²) in [5, 5.41) is 9.60. The second kappa shape index (κ2) is 6.05. The summed E-state index contributed by atoms with van der Waals surface area (Å²) in [5.74, 6) is -0.556. The number of hydrogen-bond donors (Lipinski definition) is 1. The standard InChI is InChI=1S/C15H27NO2/c1-2-13-8-4-3-7-11-16(13)12-15(14(17)18)9-5-6-10-15/h13H,2-12H2,1H3,(H,17,18). The molecule has 1 heterocycles. The van der Waals surface area contributed by atoms with Crippen molar-refractivity contribution in [2.45, 2.75) is 70.8 Å². The molecule has 0 aromatic heterocycles. The Bertz CT molecular complexity index is 284. The fraction of sp³-hybridized carbons (Fsp3) is 0.933. The molecular formula is C15H27NO2. The monoisotopic (exact) mass is 253 g/mol. The topological polar surface area (TPSA) is 40.5 Å². The van der Waals surface area contributed by atoms with Gasteiger partial charge in [-0.15, -0.1) is 0 Å². The molecule has 2 aliphatic rings. The fourth-order valence-electron chi connectivity index (χ4n) is 3.79. The number of carbonyl (C=O) groups is 1. The highest BCUT2D eigenvalue weighted by Crippen LogP contribution is 2.40. The molecule has 0 bridgehead atoms. The van der Waals surface area contributed by atoms with Crippen molar-refractivity contribution in [1.29, 1.82) is 0 Å². The average molecular weight is 253 g/mol. The summed E-state index contributed by atoms with van der Waals surface area (Å²) in [6, 6.07) is 0.615. The maximum atomic E-state index is 11.7. The predicted molar refractivity (Wildman–Crippen MR) is 72.7 cm³/mol. The van der Waals surface area contributed by atoms with Gasteiger partial charge in [-0.05, 0) is 38.6 Å². The van der Waals surface area contributed by atoms with Gasteiger partial charge in [-0.25, -0.2) is 0 Å². The van der Waals surface area contributed by atoms with Crippen molar-refractivity contribution in [3.63, 3.8) is 0 Å². The molecule has 2 rings (SSSR count). The van der Waals surface area contributed by atoms with Gasteiger partial charge in [0, 0.05) is 12.6 Å². The summed E-state index contributed by atoms with van der Waals surface area (Å²) in [4.78, 5) is 14.1. The van der Waals surface area contributed by atoms with E-state index < -0.39 is 11.4 Å². The van der Waals surface area contributed by atoms with Crippen molar-refractivity contribution < 1.29 is 9.90 Å². The molecule has 1 unspecified atom stereocenters. The van der Waals surface area contributed by atoms with Gasteiger partial charge in [0.2, 0.25) is 0 Å². The van der Waals surface area contributed by atoms with Gasteiger partial charge in [-0.3, -0.25) is 9.69 Å². The van der Waals surface area contributed by atoms with Gasteiger partial charge in [0.1, 0.15) is 0 Å². The summed E-state index contributed by atoms with van der Waals surface area (Å²) >= 11 is 0.